The highest BCUT2D eigenvalue weighted by Crippen LogP contribution is 2.39. The number of fused-ring (bicyclic) bond motifs is 5. The lowest BCUT2D eigenvalue weighted by molar-refractivity contribution is 1.21. The van der Waals surface area contributed by atoms with Crippen molar-refractivity contribution >= 4 is 0 Å². The molecular weight excluding hydrogens is 228 g/mol. The van der Waals surface area contributed by atoms with Gasteiger partial charge in [-0.1, -0.05) is 72.8 Å². The third-order valence-electron chi connectivity index (χ3n) is 3.92. The Bertz CT molecular complexity index is 689. The maximum atomic E-state index is 2.24. The van der Waals surface area contributed by atoms with Gasteiger partial charge in [0.2, 0.25) is 0 Å². The SMILES string of the molecule is c1ccc2c(c1)Cc1ccccc1-c1ccccc1-2. The second-order valence-electron chi connectivity index (χ2n) is 5.04. The Morgan fingerprint density at radius 3 is 1.26 bits per heavy atom. The molecule has 1 aliphatic rings. The molecule has 0 fully saturated rings. The van der Waals surface area contributed by atoms with Crippen LogP contribution in [-0.4, -0.2) is 0 Å². The molecule has 3 aromatic rings. The molecule has 0 saturated heterocycles. The van der Waals surface area contributed by atoms with Gasteiger partial charge in [-0.15, -0.1) is 0 Å². The minimum absolute atomic E-state index is 1.01. The molecule has 0 atom stereocenters. The molecule has 0 spiro atoms. The molecule has 3 aromatic carbocycles. The van der Waals surface area contributed by atoms with E-state index in [4.69, 9.17) is 0 Å². The van der Waals surface area contributed by atoms with Crippen molar-refractivity contribution in [2.24, 2.45) is 0 Å². The average molecular weight is 242 g/mol. The Morgan fingerprint density at radius 1 is 0.421 bits per heavy atom. The molecule has 0 radical (unpaired) electrons. The van der Waals surface area contributed by atoms with Crippen LogP contribution in [0.1, 0.15) is 11.1 Å². The molecule has 0 aromatic heterocycles. The lowest BCUT2D eigenvalue weighted by Crippen LogP contribution is -1.89. The Hall–Kier alpha value is -2.34. The summed E-state index contributed by atoms with van der Waals surface area (Å²) in [5.41, 5.74) is 8.27. The van der Waals surface area contributed by atoms with Gasteiger partial charge in [0.05, 0.1) is 0 Å². The molecule has 0 nitrogen and oxygen atoms in total. The lowest BCUT2D eigenvalue weighted by atomic mass is 9.95. The Morgan fingerprint density at radius 2 is 0.789 bits per heavy atom. The molecule has 1 aliphatic carbocycles. The zero-order valence-corrected chi connectivity index (χ0v) is 10.6. The van der Waals surface area contributed by atoms with Crippen LogP contribution >= 0.6 is 0 Å². The highest BCUT2D eigenvalue weighted by molar-refractivity contribution is 5.88. The monoisotopic (exact) mass is 242 g/mol. The third-order valence-corrected chi connectivity index (χ3v) is 3.92. The van der Waals surface area contributed by atoms with E-state index in [9.17, 15) is 0 Å². The van der Waals surface area contributed by atoms with E-state index in [0.29, 0.717) is 0 Å². The fourth-order valence-corrected chi connectivity index (χ4v) is 3.03. The maximum absolute atomic E-state index is 2.24. The van der Waals surface area contributed by atoms with Gasteiger partial charge in [-0.25, -0.2) is 0 Å². The molecule has 19 heavy (non-hydrogen) atoms. The van der Waals surface area contributed by atoms with E-state index in [1.165, 1.54) is 33.4 Å². The van der Waals surface area contributed by atoms with Crippen molar-refractivity contribution in [3.63, 3.8) is 0 Å². The van der Waals surface area contributed by atoms with Crippen LogP contribution in [-0.2, 0) is 6.42 Å². The van der Waals surface area contributed by atoms with Gasteiger partial charge in [-0.2, -0.15) is 0 Å². The van der Waals surface area contributed by atoms with E-state index in [2.05, 4.69) is 72.8 Å². The molecule has 90 valence electrons. The van der Waals surface area contributed by atoms with Gasteiger partial charge in [0.25, 0.3) is 0 Å². The summed E-state index contributed by atoms with van der Waals surface area (Å²) in [4.78, 5) is 0. The number of rotatable bonds is 0. The van der Waals surface area contributed by atoms with Crippen molar-refractivity contribution in [2.75, 3.05) is 0 Å². The van der Waals surface area contributed by atoms with Crippen molar-refractivity contribution in [3.05, 3.63) is 83.9 Å². The zero-order valence-electron chi connectivity index (χ0n) is 10.6. The second kappa shape index (κ2) is 4.10. The first-order valence-electron chi connectivity index (χ1n) is 6.69. The van der Waals surface area contributed by atoms with Crippen molar-refractivity contribution in [1.82, 2.24) is 0 Å². The minimum Gasteiger partial charge on any atom is -0.0619 e. The predicted octanol–water partition coefficient (Wildman–Crippen LogP) is 4.92. The molecule has 4 rings (SSSR count). The van der Waals surface area contributed by atoms with Gasteiger partial charge in [0.1, 0.15) is 0 Å². The van der Waals surface area contributed by atoms with Gasteiger partial charge in [-0.3, -0.25) is 0 Å². The highest BCUT2D eigenvalue weighted by atomic mass is 14.2. The summed E-state index contributed by atoms with van der Waals surface area (Å²) in [5.74, 6) is 0. The van der Waals surface area contributed by atoms with Gasteiger partial charge in [-0.05, 0) is 39.8 Å². The predicted molar refractivity (Wildman–Crippen MR) is 80.1 cm³/mol. The van der Waals surface area contributed by atoms with Gasteiger partial charge < -0.3 is 0 Å². The minimum atomic E-state index is 1.01. The van der Waals surface area contributed by atoms with Crippen LogP contribution in [0.2, 0.25) is 0 Å². The van der Waals surface area contributed by atoms with Gasteiger partial charge in [0, 0.05) is 0 Å². The molecule has 0 unspecified atom stereocenters. The third kappa shape index (κ3) is 1.61. The first-order valence-corrected chi connectivity index (χ1v) is 6.69. The van der Waals surface area contributed by atoms with Crippen molar-refractivity contribution < 1.29 is 0 Å². The van der Waals surface area contributed by atoms with E-state index in [-0.39, 0.29) is 0 Å². The van der Waals surface area contributed by atoms with Crippen molar-refractivity contribution in [3.8, 4) is 22.3 Å². The molecule has 0 saturated carbocycles. The summed E-state index contributed by atoms with van der Waals surface area (Å²) in [5, 5.41) is 0. The topological polar surface area (TPSA) is 0 Å². The number of hydrogen-bond acceptors (Lipinski definition) is 0. The summed E-state index contributed by atoms with van der Waals surface area (Å²) in [6.07, 6.45) is 1.01. The van der Waals surface area contributed by atoms with E-state index in [1.807, 2.05) is 0 Å². The standard InChI is InChI=1S/C19H14/c1-3-9-16-14(7-1)13-15-8-2-4-10-17(15)19-12-6-5-11-18(16)19/h1-12H,13H2. The summed E-state index contributed by atoms with van der Waals surface area (Å²) in [6.45, 7) is 0. The van der Waals surface area contributed by atoms with E-state index in [1.54, 1.807) is 0 Å². The first kappa shape index (κ1) is 10.6. The van der Waals surface area contributed by atoms with Crippen LogP contribution in [0.3, 0.4) is 0 Å². The van der Waals surface area contributed by atoms with Crippen LogP contribution in [0.4, 0.5) is 0 Å². The van der Waals surface area contributed by atoms with E-state index < -0.39 is 0 Å². The Labute approximate surface area is 113 Å². The molecule has 0 heterocycles. The maximum Gasteiger partial charge on any atom is -0.00135 e. The van der Waals surface area contributed by atoms with Crippen LogP contribution in [0, 0.1) is 0 Å². The van der Waals surface area contributed by atoms with Crippen molar-refractivity contribution in [2.45, 2.75) is 6.42 Å². The summed E-state index contributed by atoms with van der Waals surface area (Å²) >= 11 is 0. The highest BCUT2D eigenvalue weighted by Gasteiger charge is 2.17. The van der Waals surface area contributed by atoms with E-state index in [0.717, 1.165) is 6.42 Å². The van der Waals surface area contributed by atoms with Gasteiger partial charge in [0.15, 0.2) is 0 Å². The smallest absolute Gasteiger partial charge is 0.00135 e. The van der Waals surface area contributed by atoms with Crippen LogP contribution < -0.4 is 0 Å². The fraction of sp³-hybridized carbons (Fsp3) is 0.0526. The molecule has 0 aliphatic heterocycles. The quantitative estimate of drug-likeness (QED) is 0.410. The Kier molecular flexibility index (Phi) is 2.28. The van der Waals surface area contributed by atoms with Crippen LogP contribution in [0.5, 0.6) is 0 Å². The molecule has 0 bridgehead atoms. The Balaban J connectivity index is 2.13. The lowest BCUT2D eigenvalue weighted by Gasteiger charge is -2.09. The summed E-state index contributed by atoms with van der Waals surface area (Å²) in [7, 11) is 0. The number of hydrogen-bond donors (Lipinski definition) is 0. The summed E-state index contributed by atoms with van der Waals surface area (Å²) < 4.78 is 0. The molecule has 0 N–H and O–H groups in total. The average Bonchev–Trinajstić information content (AvgIpc) is 2.62. The fourth-order valence-electron chi connectivity index (χ4n) is 3.03. The molecule has 0 heteroatoms. The molecular formula is C19H14. The summed E-state index contributed by atoms with van der Waals surface area (Å²) in [6, 6.07) is 26.2. The number of benzene rings is 3. The zero-order chi connectivity index (χ0) is 12.7. The normalized spacial score (nSPS) is 12.0. The second-order valence-corrected chi connectivity index (χ2v) is 5.04. The van der Waals surface area contributed by atoms with E-state index >= 15 is 0 Å². The van der Waals surface area contributed by atoms with Gasteiger partial charge >= 0.3 is 0 Å². The molecule has 0 amide bonds. The van der Waals surface area contributed by atoms with Crippen molar-refractivity contribution in [1.29, 1.82) is 0 Å². The van der Waals surface area contributed by atoms with Crippen LogP contribution in [0.25, 0.3) is 22.3 Å². The largest absolute Gasteiger partial charge is 0.0619 e. The van der Waals surface area contributed by atoms with Crippen LogP contribution in [0.15, 0.2) is 72.8 Å². The first-order chi connectivity index (χ1) is 9.43.